The van der Waals surface area contributed by atoms with E-state index < -0.39 is 0 Å². The van der Waals surface area contributed by atoms with Crippen LogP contribution < -0.4 is 5.73 Å². The van der Waals surface area contributed by atoms with Crippen LogP contribution in [0.25, 0.3) is 10.9 Å². The van der Waals surface area contributed by atoms with Gasteiger partial charge in [0.25, 0.3) is 0 Å². The minimum atomic E-state index is 0.223. The summed E-state index contributed by atoms with van der Waals surface area (Å²) in [7, 11) is 0. The molecule has 0 radical (unpaired) electrons. The van der Waals surface area contributed by atoms with Crippen LogP contribution in [0.5, 0.6) is 0 Å². The summed E-state index contributed by atoms with van der Waals surface area (Å²) in [5, 5.41) is 1.25. The Labute approximate surface area is 99.2 Å². The number of hydrogen-bond acceptors (Lipinski definition) is 1. The first-order valence-corrected chi connectivity index (χ1v) is 5.79. The zero-order valence-corrected chi connectivity index (χ0v) is 9.52. The van der Waals surface area contributed by atoms with E-state index in [4.69, 9.17) is 4.42 Å². The third-order valence-electron chi connectivity index (χ3n) is 3.17. The zero-order valence-electron chi connectivity index (χ0n) is 9.52. The van der Waals surface area contributed by atoms with Gasteiger partial charge in [0.05, 0.1) is 18.7 Å². The number of rotatable bonds is 3. The fourth-order valence-corrected chi connectivity index (χ4v) is 2.32. The Morgan fingerprint density at radius 3 is 2.82 bits per heavy atom. The molecular formula is C14H15N2O+. The van der Waals surface area contributed by atoms with Gasteiger partial charge in [-0.25, -0.2) is 0 Å². The van der Waals surface area contributed by atoms with Crippen molar-refractivity contribution in [2.24, 2.45) is 0 Å². The van der Waals surface area contributed by atoms with Crippen LogP contribution in [-0.2, 0) is 0 Å². The molecule has 3 aromatic rings. The maximum Gasteiger partial charge on any atom is 0.116 e. The molecule has 0 aliphatic carbocycles. The molecule has 0 unspecified atom stereocenters. The zero-order chi connectivity index (χ0) is 11.7. The van der Waals surface area contributed by atoms with Gasteiger partial charge in [-0.1, -0.05) is 18.2 Å². The van der Waals surface area contributed by atoms with E-state index >= 15 is 0 Å². The maximum absolute atomic E-state index is 5.51. The third-order valence-corrected chi connectivity index (χ3v) is 3.17. The molecule has 0 spiro atoms. The number of aromatic amines is 1. The summed E-state index contributed by atoms with van der Waals surface area (Å²) in [6.45, 7) is 0.787. The van der Waals surface area contributed by atoms with Crippen molar-refractivity contribution in [2.45, 2.75) is 5.92 Å². The summed E-state index contributed by atoms with van der Waals surface area (Å²) >= 11 is 0. The molecule has 86 valence electrons. The van der Waals surface area contributed by atoms with E-state index in [0.717, 1.165) is 17.8 Å². The molecule has 2 heterocycles. The Bertz CT molecular complexity index is 610. The first kappa shape index (κ1) is 10.2. The predicted octanol–water partition coefficient (Wildman–Crippen LogP) is 2.13. The van der Waals surface area contributed by atoms with Crippen LogP contribution in [0.4, 0.5) is 0 Å². The molecule has 17 heavy (non-hydrogen) atoms. The SMILES string of the molecule is [NH3+]C[C@@H](c1ccco1)c1c[nH]c2ccccc12. The summed E-state index contributed by atoms with van der Waals surface area (Å²) in [5.74, 6) is 1.20. The van der Waals surface area contributed by atoms with Gasteiger partial charge in [0.2, 0.25) is 0 Å². The number of fused-ring (bicyclic) bond motifs is 1. The van der Waals surface area contributed by atoms with Crippen LogP contribution in [0, 0.1) is 0 Å². The summed E-state index contributed by atoms with van der Waals surface area (Å²) in [6, 6.07) is 12.2. The van der Waals surface area contributed by atoms with E-state index in [1.807, 2.05) is 18.2 Å². The van der Waals surface area contributed by atoms with Crippen molar-refractivity contribution in [3.63, 3.8) is 0 Å². The van der Waals surface area contributed by atoms with Crippen molar-refractivity contribution in [1.82, 2.24) is 4.98 Å². The van der Waals surface area contributed by atoms with Crippen LogP contribution in [-0.4, -0.2) is 11.5 Å². The Morgan fingerprint density at radius 1 is 1.18 bits per heavy atom. The number of benzene rings is 1. The van der Waals surface area contributed by atoms with Crippen molar-refractivity contribution in [1.29, 1.82) is 0 Å². The predicted molar refractivity (Wildman–Crippen MR) is 66.6 cm³/mol. The maximum atomic E-state index is 5.51. The quantitative estimate of drug-likeness (QED) is 0.707. The molecule has 0 aliphatic heterocycles. The van der Waals surface area contributed by atoms with Crippen LogP contribution in [0.3, 0.4) is 0 Å². The largest absolute Gasteiger partial charge is 0.468 e. The highest BCUT2D eigenvalue weighted by atomic mass is 16.3. The lowest BCUT2D eigenvalue weighted by atomic mass is 9.96. The Balaban J connectivity index is 2.13. The van der Waals surface area contributed by atoms with Gasteiger partial charge < -0.3 is 15.1 Å². The number of furan rings is 1. The van der Waals surface area contributed by atoms with Gasteiger partial charge in [0.15, 0.2) is 0 Å². The average Bonchev–Trinajstić information content (AvgIpc) is 3.01. The molecule has 3 heteroatoms. The molecule has 0 fully saturated rings. The minimum absolute atomic E-state index is 0.223. The number of quaternary nitrogens is 1. The molecule has 3 rings (SSSR count). The fourth-order valence-electron chi connectivity index (χ4n) is 2.32. The smallest absolute Gasteiger partial charge is 0.116 e. The number of hydrogen-bond donors (Lipinski definition) is 2. The second kappa shape index (κ2) is 4.11. The Kier molecular flexibility index (Phi) is 2.46. The van der Waals surface area contributed by atoms with Gasteiger partial charge in [-0.05, 0) is 23.8 Å². The normalized spacial score (nSPS) is 13.0. The molecule has 0 aliphatic rings. The van der Waals surface area contributed by atoms with Crippen LogP contribution in [0.15, 0.2) is 53.3 Å². The molecular weight excluding hydrogens is 212 g/mol. The van der Waals surface area contributed by atoms with Crippen molar-refractivity contribution in [3.8, 4) is 0 Å². The second-order valence-corrected chi connectivity index (χ2v) is 4.15. The number of H-pyrrole nitrogens is 1. The third kappa shape index (κ3) is 1.65. The molecule has 0 amide bonds. The molecule has 2 aromatic heterocycles. The number of aromatic nitrogens is 1. The molecule has 1 atom stereocenters. The molecule has 0 saturated heterocycles. The molecule has 0 bridgehead atoms. The van der Waals surface area contributed by atoms with Gasteiger partial charge in [0, 0.05) is 17.1 Å². The van der Waals surface area contributed by atoms with Crippen molar-refractivity contribution < 1.29 is 10.2 Å². The van der Waals surface area contributed by atoms with Crippen molar-refractivity contribution in [3.05, 3.63) is 60.2 Å². The molecule has 4 N–H and O–H groups in total. The minimum Gasteiger partial charge on any atom is -0.468 e. The highest BCUT2D eigenvalue weighted by molar-refractivity contribution is 5.84. The Morgan fingerprint density at radius 2 is 2.06 bits per heavy atom. The van der Waals surface area contributed by atoms with Crippen molar-refractivity contribution in [2.75, 3.05) is 6.54 Å². The topological polar surface area (TPSA) is 56.6 Å². The van der Waals surface area contributed by atoms with Gasteiger partial charge in [-0.3, -0.25) is 0 Å². The van der Waals surface area contributed by atoms with Gasteiger partial charge in [0.1, 0.15) is 5.76 Å². The highest BCUT2D eigenvalue weighted by Crippen LogP contribution is 2.29. The molecule has 3 nitrogen and oxygen atoms in total. The van der Waals surface area contributed by atoms with E-state index in [1.165, 1.54) is 10.9 Å². The lowest BCUT2D eigenvalue weighted by Gasteiger charge is -2.08. The summed E-state index contributed by atoms with van der Waals surface area (Å²) in [4.78, 5) is 3.30. The van der Waals surface area contributed by atoms with E-state index in [-0.39, 0.29) is 5.92 Å². The van der Waals surface area contributed by atoms with Crippen LogP contribution in [0.1, 0.15) is 17.2 Å². The van der Waals surface area contributed by atoms with Crippen LogP contribution >= 0.6 is 0 Å². The fraction of sp³-hybridized carbons (Fsp3) is 0.143. The van der Waals surface area contributed by atoms with E-state index in [0.29, 0.717) is 0 Å². The lowest BCUT2D eigenvalue weighted by molar-refractivity contribution is -0.370. The first-order chi connectivity index (χ1) is 8.40. The van der Waals surface area contributed by atoms with E-state index in [1.54, 1.807) is 6.26 Å². The van der Waals surface area contributed by atoms with Crippen LogP contribution in [0.2, 0.25) is 0 Å². The monoisotopic (exact) mass is 227 g/mol. The number of para-hydroxylation sites is 1. The molecule has 1 aromatic carbocycles. The van der Waals surface area contributed by atoms with Gasteiger partial charge >= 0.3 is 0 Å². The van der Waals surface area contributed by atoms with Crippen molar-refractivity contribution >= 4 is 10.9 Å². The first-order valence-electron chi connectivity index (χ1n) is 5.79. The van der Waals surface area contributed by atoms with E-state index in [2.05, 4.69) is 35.1 Å². The summed E-state index contributed by atoms with van der Waals surface area (Å²) < 4.78 is 5.51. The highest BCUT2D eigenvalue weighted by Gasteiger charge is 2.20. The standard InChI is InChI=1S/C14H14N2O/c15-8-11(14-6-3-7-17-14)12-9-16-13-5-2-1-4-10(12)13/h1-7,9,11,16H,8,15H2/p+1/t11-/m1/s1. The lowest BCUT2D eigenvalue weighted by Crippen LogP contribution is -2.53. The number of nitrogens with one attached hydrogen (secondary N) is 1. The second-order valence-electron chi connectivity index (χ2n) is 4.15. The summed E-state index contributed by atoms with van der Waals surface area (Å²) in [5.41, 5.74) is 6.45. The van der Waals surface area contributed by atoms with Gasteiger partial charge in [-0.15, -0.1) is 0 Å². The average molecular weight is 227 g/mol. The Hall–Kier alpha value is -2.00. The molecule has 0 saturated carbocycles. The summed E-state index contributed by atoms with van der Waals surface area (Å²) in [6.07, 6.45) is 3.77. The van der Waals surface area contributed by atoms with E-state index in [9.17, 15) is 0 Å². The van der Waals surface area contributed by atoms with Gasteiger partial charge in [-0.2, -0.15) is 0 Å².